The van der Waals surface area contributed by atoms with Crippen LogP contribution in [0.2, 0.25) is 0 Å². The van der Waals surface area contributed by atoms with Crippen molar-refractivity contribution in [1.82, 2.24) is 20.4 Å². The Morgan fingerprint density at radius 3 is 3.14 bits per heavy atom. The van der Waals surface area contributed by atoms with Gasteiger partial charge in [-0.1, -0.05) is 6.07 Å². The molecule has 1 unspecified atom stereocenters. The van der Waals surface area contributed by atoms with Crippen LogP contribution in [-0.2, 0) is 0 Å². The normalized spacial score (nSPS) is 25.9. The number of amides is 1. The van der Waals surface area contributed by atoms with Gasteiger partial charge in [0, 0.05) is 29.6 Å². The molecule has 110 valence electrons. The molecule has 2 fully saturated rings. The molecule has 0 saturated carbocycles. The summed E-state index contributed by atoms with van der Waals surface area (Å²) in [7, 11) is 0. The molecular formula is C16H20N4O. The summed E-state index contributed by atoms with van der Waals surface area (Å²) < 4.78 is 0. The Balaban J connectivity index is 1.46. The van der Waals surface area contributed by atoms with Crippen molar-refractivity contribution in [3.8, 4) is 0 Å². The molecular weight excluding hydrogens is 264 g/mol. The lowest BCUT2D eigenvalue weighted by molar-refractivity contribution is 0.0788. The molecule has 2 N–H and O–H groups in total. The van der Waals surface area contributed by atoms with Crippen molar-refractivity contribution in [3.63, 3.8) is 0 Å². The summed E-state index contributed by atoms with van der Waals surface area (Å²) in [5, 5.41) is 11.1. The first-order valence-corrected chi connectivity index (χ1v) is 7.77. The van der Waals surface area contributed by atoms with Gasteiger partial charge in [0.1, 0.15) is 0 Å². The summed E-state index contributed by atoms with van der Waals surface area (Å²) in [6, 6.07) is 6.73. The second-order valence-corrected chi connectivity index (χ2v) is 6.21. The molecule has 1 amide bonds. The van der Waals surface area contributed by atoms with Crippen LogP contribution >= 0.6 is 0 Å². The minimum absolute atomic E-state index is 0.0236. The summed E-state index contributed by atoms with van der Waals surface area (Å²) in [4.78, 5) is 14.9. The quantitative estimate of drug-likeness (QED) is 0.885. The number of H-pyrrole nitrogens is 1. The maximum Gasteiger partial charge on any atom is 0.251 e. The van der Waals surface area contributed by atoms with Crippen LogP contribution in [0.3, 0.4) is 0 Å². The molecule has 5 heteroatoms. The van der Waals surface area contributed by atoms with Crippen molar-refractivity contribution in [2.75, 3.05) is 13.1 Å². The number of aromatic nitrogens is 2. The maximum atomic E-state index is 12.4. The molecule has 21 heavy (non-hydrogen) atoms. The van der Waals surface area contributed by atoms with Gasteiger partial charge in [0.25, 0.3) is 5.91 Å². The van der Waals surface area contributed by atoms with Gasteiger partial charge in [-0.15, -0.1) is 0 Å². The molecule has 2 saturated heterocycles. The topological polar surface area (TPSA) is 61.0 Å². The van der Waals surface area contributed by atoms with Crippen LogP contribution in [0, 0.1) is 0 Å². The second-order valence-electron chi connectivity index (χ2n) is 6.21. The van der Waals surface area contributed by atoms with E-state index in [1.165, 1.54) is 25.8 Å². The molecule has 0 spiro atoms. The van der Waals surface area contributed by atoms with Crippen molar-refractivity contribution in [3.05, 3.63) is 30.0 Å². The maximum absolute atomic E-state index is 12.4. The van der Waals surface area contributed by atoms with Crippen molar-refractivity contribution >= 4 is 16.8 Å². The Labute approximate surface area is 123 Å². The molecule has 2 aliphatic rings. The number of rotatable bonds is 2. The molecule has 0 aliphatic carbocycles. The first kappa shape index (κ1) is 12.8. The van der Waals surface area contributed by atoms with Crippen LogP contribution in [0.15, 0.2) is 24.4 Å². The highest BCUT2D eigenvalue weighted by Crippen LogP contribution is 2.27. The largest absolute Gasteiger partial charge is 0.348 e. The highest BCUT2D eigenvalue weighted by molar-refractivity contribution is 5.97. The van der Waals surface area contributed by atoms with Crippen molar-refractivity contribution in [1.29, 1.82) is 0 Å². The lowest BCUT2D eigenvalue weighted by atomic mass is 10.00. The Bertz CT molecular complexity index is 665. The molecule has 2 aliphatic heterocycles. The van der Waals surface area contributed by atoms with E-state index in [-0.39, 0.29) is 11.9 Å². The molecule has 0 radical (unpaired) electrons. The van der Waals surface area contributed by atoms with E-state index in [4.69, 9.17) is 0 Å². The number of hydrogen-bond acceptors (Lipinski definition) is 3. The number of aromatic amines is 1. The average molecular weight is 284 g/mol. The Morgan fingerprint density at radius 2 is 2.29 bits per heavy atom. The van der Waals surface area contributed by atoms with Gasteiger partial charge >= 0.3 is 0 Å². The minimum Gasteiger partial charge on any atom is -0.348 e. The van der Waals surface area contributed by atoms with Crippen LogP contribution in [0.4, 0.5) is 0 Å². The van der Waals surface area contributed by atoms with Gasteiger partial charge in [-0.2, -0.15) is 5.10 Å². The number of nitrogens with zero attached hydrogens (tertiary/aromatic N) is 2. The van der Waals surface area contributed by atoms with Gasteiger partial charge in [-0.3, -0.25) is 14.8 Å². The highest BCUT2D eigenvalue weighted by Gasteiger charge is 2.32. The van der Waals surface area contributed by atoms with Crippen LogP contribution in [0.1, 0.15) is 36.0 Å². The number of benzene rings is 1. The van der Waals surface area contributed by atoms with E-state index in [9.17, 15) is 4.79 Å². The monoisotopic (exact) mass is 284 g/mol. The van der Waals surface area contributed by atoms with E-state index in [0.29, 0.717) is 5.56 Å². The third kappa shape index (κ3) is 2.42. The zero-order valence-corrected chi connectivity index (χ0v) is 12.0. The third-order valence-electron chi connectivity index (χ3n) is 4.85. The van der Waals surface area contributed by atoms with Crippen molar-refractivity contribution in [2.24, 2.45) is 0 Å². The lowest BCUT2D eigenvalue weighted by Gasteiger charge is -2.40. The van der Waals surface area contributed by atoms with E-state index in [1.807, 2.05) is 18.2 Å². The molecule has 1 aromatic heterocycles. The first-order chi connectivity index (χ1) is 10.3. The molecule has 5 nitrogen and oxygen atoms in total. The summed E-state index contributed by atoms with van der Waals surface area (Å²) in [6.07, 6.45) is 6.69. The van der Waals surface area contributed by atoms with Crippen LogP contribution < -0.4 is 5.32 Å². The number of hydrogen-bond donors (Lipinski definition) is 2. The first-order valence-electron chi connectivity index (χ1n) is 7.77. The molecule has 3 heterocycles. The second kappa shape index (κ2) is 5.15. The van der Waals surface area contributed by atoms with E-state index in [2.05, 4.69) is 20.4 Å². The van der Waals surface area contributed by atoms with E-state index >= 15 is 0 Å². The molecule has 1 aromatic carbocycles. The van der Waals surface area contributed by atoms with Crippen LogP contribution in [0.25, 0.3) is 10.9 Å². The fraction of sp³-hybridized carbons (Fsp3) is 0.500. The number of carbonyl (C=O) groups excluding carboxylic acids is 1. The Hall–Kier alpha value is -1.88. The average Bonchev–Trinajstić information content (AvgIpc) is 2.89. The fourth-order valence-corrected chi connectivity index (χ4v) is 3.50. The molecule has 0 bridgehead atoms. The van der Waals surface area contributed by atoms with Crippen molar-refractivity contribution in [2.45, 2.75) is 37.8 Å². The number of nitrogens with one attached hydrogen (secondary N) is 2. The lowest BCUT2D eigenvalue weighted by Crippen LogP contribution is -2.52. The predicted molar refractivity (Wildman–Crippen MR) is 81.2 cm³/mol. The summed E-state index contributed by atoms with van der Waals surface area (Å²) in [6.45, 7) is 2.19. The number of carbonyl (C=O) groups is 1. The number of fused-ring (bicyclic) bond motifs is 2. The highest BCUT2D eigenvalue weighted by atomic mass is 16.1. The van der Waals surface area contributed by atoms with Crippen LogP contribution in [-0.4, -0.2) is 46.2 Å². The summed E-state index contributed by atoms with van der Waals surface area (Å²) in [5.74, 6) is 0.0236. The summed E-state index contributed by atoms with van der Waals surface area (Å²) >= 11 is 0. The van der Waals surface area contributed by atoms with Gasteiger partial charge in [-0.25, -0.2) is 0 Å². The van der Waals surface area contributed by atoms with Gasteiger partial charge in [-0.05, 0) is 44.4 Å². The molecule has 2 aromatic rings. The minimum atomic E-state index is 0.0236. The smallest absolute Gasteiger partial charge is 0.251 e. The van der Waals surface area contributed by atoms with Gasteiger partial charge < -0.3 is 5.32 Å². The van der Waals surface area contributed by atoms with E-state index < -0.39 is 0 Å². The Morgan fingerprint density at radius 1 is 1.33 bits per heavy atom. The molecule has 4 rings (SSSR count). The third-order valence-corrected chi connectivity index (χ3v) is 4.85. The van der Waals surface area contributed by atoms with E-state index in [0.717, 1.165) is 29.9 Å². The van der Waals surface area contributed by atoms with E-state index in [1.54, 1.807) is 6.20 Å². The molecule has 2 atom stereocenters. The zero-order valence-electron chi connectivity index (χ0n) is 12.0. The van der Waals surface area contributed by atoms with Crippen LogP contribution in [0.5, 0.6) is 0 Å². The standard InChI is InChI=1S/C16H20N4O/c21-16(11-4-5-12-9-17-19-15(12)8-11)18-13-2-1-3-14-6-7-20(14)10-13/h4-5,8-9,13-14H,1-3,6-7,10H2,(H,17,19)(H,18,21)/t13-,14?/m1/s1. The SMILES string of the molecule is O=C(N[C@@H]1CCCC2CCN2C1)c1ccc2cn[nH]c2c1. The predicted octanol–water partition coefficient (Wildman–Crippen LogP) is 1.92. The van der Waals surface area contributed by atoms with Crippen molar-refractivity contribution < 1.29 is 4.79 Å². The van der Waals surface area contributed by atoms with Gasteiger partial charge in [0.05, 0.1) is 11.7 Å². The summed E-state index contributed by atoms with van der Waals surface area (Å²) in [5.41, 5.74) is 1.61. The zero-order chi connectivity index (χ0) is 14.2. The fourth-order valence-electron chi connectivity index (χ4n) is 3.50. The van der Waals surface area contributed by atoms with Gasteiger partial charge in [0.2, 0.25) is 0 Å². The Kier molecular flexibility index (Phi) is 3.15. The van der Waals surface area contributed by atoms with Gasteiger partial charge in [0.15, 0.2) is 0 Å².